The Balaban J connectivity index is 1.43. The largest absolute Gasteiger partial charge is 0.464 e. The molecule has 0 aliphatic heterocycles. The summed E-state index contributed by atoms with van der Waals surface area (Å²) in [6, 6.07) is 20.7. The summed E-state index contributed by atoms with van der Waals surface area (Å²) in [5, 5.41) is 6.54. The maximum absolute atomic E-state index is 12.7. The van der Waals surface area contributed by atoms with Gasteiger partial charge in [-0.25, -0.2) is 0 Å². The standard InChI is InChI=1S/C23H19NO2/c25-22(24-20-11-9-15-5-1-3-7-18(15)20)13-17-14-26-21-12-10-16-6-2-4-8-19(16)23(17)21/h1-8,10,12,14,20H,9,11,13H2,(H,24,25). The predicted molar refractivity (Wildman–Crippen MR) is 103 cm³/mol. The van der Waals surface area contributed by atoms with E-state index in [1.54, 1.807) is 6.26 Å². The number of hydrogen-bond donors (Lipinski definition) is 1. The minimum Gasteiger partial charge on any atom is -0.464 e. The van der Waals surface area contributed by atoms with Gasteiger partial charge in [0.25, 0.3) is 0 Å². The van der Waals surface area contributed by atoms with Crippen molar-refractivity contribution in [1.82, 2.24) is 5.32 Å². The van der Waals surface area contributed by atoms with Crippen LogP contribution in [0.4, 0.5) is 0 Å². The molecule has 1 N–H and O–H groups in total. The summed E-state index contributed by atoms with van der Waals surface area (Å²) in [6.07, 6.45) is 4.06. The van der Waals surface area contributed by atoms with E-state index in [0.29, 0.717) is 6.42 Å². The van der Waals surface area contributed by atoms with Crippen molar-refractivity contribution >= 4 is 27.6 Å². The molecule has 3 nitrogen and oxygen atoms in total. The van der Waals surface area contributed by atoms with Gasteiger partial charge in [-0.3, -0.25) is 4.79 Å². The number of hydrogen-bond acceptors (Lipinski definition) is 2. The third kappa shape index (κ3) is 2.48. The number of amides is 1. The smallest absolute Gasteiger partial charge is 0.225 e. The van der Waals surface area contributed by atoms with Crippen LogP contribution in [0.1, 0.15) is 29.2 Å². The molecular formula is C23H19NO2. The molecule has 1 aliphatic rings. The Morgan fingerprint density at radius 2 is 1.88 bits per heavy atom. The fourth-order valence-corrected chi connectivity index (χ4v) is 4.13. The first-order valence-corrected chi connectivity index (χ1v) is 9.04. The second kappa shape index (κ2) is 6.03. The van der Waals surface area contributed by atoms with Crippen LogP contribution in [0.3, 0.4) is 0 Å². The quantitative estimate of drug-likeness (QED) is 0.574. The van der Waals surface area contributed by atoms with Crippen molar-refractivity contribution in [3.63, 3.8) is 0 Å². The van der Waals surface area contributed by atoms with Crippen molar-refractivity contribution in [2.24, 2.45) is 0 Å². The Morgan fingerprint density at radius 3 is 2.85 bits per heavy atom. The van der Waals surface area contributed by atoms with Gasteiger partial charge in [0, 0.05) is 10.9 Å². The number of fused-ring (bicyclic) bond motifs is 4. The van der Waals surface area contributed by atoms with Crippen LogP contribution in [-0.2, 0) is 17.6 Å². The van der Waals surface area contributed by atoms with E-state index in [1.165, 1.54) is 11.1 Å². The number of furan rings is 1. The van der Waals surface area contributed by atoms with Crippen molar-refractivity contribution in [3.05, 3.63) is 83.6 Å². The molecule has 1 unspecified atom stereocenters. The fraction of sp³-hybridized carbons (Fsp3) is 0.174. The lowest BCUT2D eigenvalue weighted by atomic mass is 10.0. The summed E-state index contributed by atoms with van der Waals surface area (Å²) in [5.74, 6) is 0.0438. The maximum Gasteiger partial charge on any atom is 0.225 e. The van der Waals surface area contributed by atoms with Crippen LogP contribution in [0.15, 0.2) is 71.3 Å². The van der Waals surface area contributed by atoms with Crippen molar-refractivity contribution in [2.45, 2.75) is 25.3 Å². The highest BCUT2D eigenvalue weighted by molar-refractivity contribution is 6.08. The summed E-state index contributed by atoms with van der Waals surface area (Å²) in [7, 11) is 0. The highest BCUT2D eigenvalue weighted by Crippen LogP contribution is 2.32. The number of aryl methyl sites for hydroxylation is 1. The zero-order valence-corrected chi connectivity index (χ0v) is 14.4. The van der Waals surface area contributed by atoms with Gasteiger partial charge in [0.05, 0.1) is 18.7 Å². The minimum absolute atomic E-state index is 0.0438. The zero-order valence-electron chi connectivity index (χ0n) is 14.4. The first kappa shape index (κ1) is 15.2. The molecule has 1 amide bonds. The lowest BCUT2D eigenvalue weighted by Crippen LogP contribution is -2.28. The highest BCUT2D eigenvalue weighted by Gasteiger charge is 2.24. The molecule has 128 valence electrons. The number of carbonyl (C=O) groups excluding carboxylic acids is 1. The molecule has 1 aliphatic carbocycles. The van der Waals surface area contributed by atoms with Gasteiger partial charge in [0.2, 0.25) is 5.91 Å². The molecule has 1 heterocycles. The van der Waals surface area contributed by atoms with Gasteiger partial charge in [-0.2, -0.15) is 0 Å². The number of nitrogens with one attached hydrogen (secondary N) is 1. The zero-order chi connectivity index (χ0) is 17.5. The number of benzene rings is 3. The molecule has 0 bridgehead atoms. The first-order valence-electron chi connectivity index (χ1n) is 9.04. The topological polar surface area (TPSA) is 42.2 Å². The van der Waals surface area contributed by atoms with Gasteiger partial charge >= 0.3 is 0 Å². The maximum atomic E-state index is 12.7. The van der Waals surface area contributed by atoms with E-state index in [1.807, 2.05) is 24.3 Å². The SMILES string of the molecule is O=C(Cc1coc2ccc3ccccc3c12)NC1CCc2ccccc21. The fourth-order valence-electron chi connectivity index (χ4n) is 4.13. The Bertz CT molecular complexity index is 1130. The summed E-state index contributed by atoms with van der Waals surface area (Å²) in [5.41, 5.74) is 4.37. The first-order chi connectivity index (χ1) is 12.8. The molecule has 0 fully saturated rings. The van der Waals surface area contributed by atoms with E-state index >= 15 is 0 Å². The lowest BCUT2D eigenvalue weighted by molar-refractivity contribution is -0.121. The van der Waals surface area contributed by atoms with Crippen LogP contribution in [0.2, 0.25) is 0 Å². The molecule has 1 aromatic heterocycles. The van der Waals surface area contributed by atoms with E-state index in [9.17, 15) is 4.79 Å². The molecule has 3 heteroatoms. The monoisotopic (exact) mass is 341 g/mol. The average molecular weight is 341 g/mol. The second-order valence-corrected chi connectivity index (χ2v) is 6.96. The number of carbonyl (C=O) groups is 1. The summed E-state index contributed by atoms with van der Waals surface area (Å²) in [4.78, 5) is 12.7. The van der Waals surface area contributed by atoms with E-state index < -0.39 is 0 Å². The Kier molecular flexibility index (Phi) is 3.52. The second-order valence-electron chi connectivity index (χ2n) is 6.96. The van der Waals surface area contributed by atoms with Gasteiger partial charge in [-0.15, -0.1) is 0 Å². The van der Waals surface area contributed by atoms with Crippen molar-refractivity contribution in [3.8, 4) is 0 Å². The normalized spacial score (nSPS) is 16.1. The average Bonchev–Trinajstić information content (AvgIpc) is 3.27. The molecule has 0 spiro atoms. The molecule has 5 rings (SSSR count). The molecule has 3 aromatic carbocycles. The summed E-state index contributed by atoms with van der Waals surface area (Å²) in [6.45, 7) is 0. The lowest BCUT2D eigenvalue weighted by Gasteiger charge is -2.14. The molecule has 0 radical (unpaired) electrons. The van der Waals surface area contributed by atoms with Gasteiger partial charge in [0.15, 0.2) is 0 Å². The third-order valence-corrected chi connectivity index (χ3v) is 5.36. The van der Waals surface area contributed by atoms with Gasteiger partial charge in [-0.1, -0.05) is 54.6 Å². The summed E-state index contributed by atoms with van der Waals surface area (Å²) >= 11 is 0. The van der Waals surface area contributed by atoms with Crippen LogP contribution < -0.4 is 5.32 Å². The number of rotatable bonds is 3. The van der Waals surface area contributed by atoms with Crippen LogP contribution in [0, 0.1) is 0 Å². The Morgan fingerprint density at radius 1 is 1.04 bits per heavy atom. The van der Waals surface area contributed by atoms with Crippen molar-refractivity contribution < 1.29 is 9.21 Å². The molecule has 26 heavy (non-hydrogen) atoms. The van der Waals surface area contributed by atoms with E-state index in [-0.39, 0.29) is 11.9 Å². The van der Waals surface area contributed by atoms with Gasteiger partial charge < -0.3 is 9.73 Å². The minimum atomic E-state index is 0.0438. The van der Waals surface area contributed by atoms with E-state index in [2.05, 4.69) is 41.7 Å². The molecule has 0 saturated carbocycles. The van der Waals surface area contributed by atoms with Gasteiger partial charge in [0.1, 0.15) is 5.58 Å². The van der Waals surface area contributed by atoms with Crippen molar-refractivity contribution in [2.75, 3.05) is 0 Å². The van der Waals surface area contributed by atoms with E-state index in [4.69, 9.17) is 4.42 Å². The Hall–Kier alpha value is -3.07. The molecule has 1 atom stereocenters. The Labute approximate surface area is 151 Å². The molecule has 4 aromatic rings. The molecular weight excluding hydrogens is 322 g/mol. The predicted octanol–water partition coefficient (Wildman–Crippen LogP) is 4.93. The van der Waals surface area contributed by atoms with Crippen LogP contribution in [-0.4, -0.2) is 5.91 Å². The van der Waals surface area contributed by atoms with Crippen LogP contribution >= 0.6 is 0 Å². The summed E-state index contributed by atoms with van der Waals surface area (Å²) < 4.78 is 5.70. The van der Waals surface area contributed by atoms with Crippen LogP contribution in [0.25, 0.3) is 21.7 Å². The third-order valence-electron chi connectivity index (χ3n) is 5.36. The highest BCUT2D eigenvalue weighted by atomic mass is 16.3. The van der Waals surface area contributed by atoms with E-state index in [0.717, 1.165) is 40.1 Å². The molecule has 0 saturated heterocycles. The van der Waals surface area contributed by atoms with Crippen LogP contribution in [0.5, 0.6) is 0 Å². The van der Waals surface area contributed by atoms with Crippen molar-refractivity contribution in [1.29, 1.82) is 0 Å². The van der Waals surface area contributed by atoms with Gasteiger partial charge in [-0.05, 0) is 40.8 Å².